The van der Waals surface area contributed by atoms with Gasteiger partial charge in [0.15, 0.2) is 5.17 Å². The Hall–Kier alpha value is -1.60. The van der Waals surface area contributed by atoms with Gasteiger partial charge in [0.2, 0.25) is 0 Å². The molecule has 6 nitrogen and oxygen atoms in total. The van der Waals surface area contributed by atoms with Gasteiger partial charge in [0.25, 0.3) is 5.69 Å². The Morgan fingerprint density at radius 3 is 3.00 bits per heavy atom. The molecule has 0 N–H and O–H groups in total. The van der Waals surface area contributed by atoms with Crippen LogP contribution >= 0.6 is 11.8 Å². The number of hydrogen-bond donors (Lipinski definition) is 0. The first-order chi connectivity index (χ1) is 10.2. The van der Waals surface area contributed by atoms with E-state index < -0.39 is 0 Å². The maximum Gasteiger partial charge on any atom is 0.269 e. The lowest BCUT2D eigenvalue weighted by atomic mass is 10.1. The summed E-state index contributed by atoms with van der Waals surface area (Å²) < 4.78 is 5.35. The molecule has 1 unspecified atom stereocenters. The van der Waals surface area contributed by atoms with Crippen molar-refractivity contribution in [1.82, 2.24) is 4.90 Å². The summed E-state index contributed by atoms with van der Waals surface area (Å²) in [5.41, 5.74) is 1.16. The molecule has 112 valence electrons. The molecule has 2 aliphatic heterocycles. The second kappa shape index (κ2) is 6.44. The van der Waals surface area contributed by atoms with Crippen molar-refractivity contribution in [2.75, 3.05) is 32.8 Å². The van der Waals surface area contributed by atoms with Gasteiger partial charge in [-0.1, -0.05) is 23.9 Å². The molecule has 0 amide bonds. The van der Waals surface area contributed by atoms with Crippen molar-refractivity contribution < 1.29 is 9.66 Å². The van der Waals surface area contributed by atoms with Gasteiger partial charge in [-0.15, -0.1) is 0 Å². The lowest BCUT2D eigenvalue weighted by Gasteiger charge is -2.28. The second-order valence-electron chi connectivity index (χ2n) is 5.09. The molecule has 1 saturated heterocycles. The highest BCUT2D eigenvalue weighted by Gasteiger charge is 2.25. The number of non-ortho nitro benzene ring substituents is 1. The van der Waals surface area contributed by atoms with Crippen LogP contribution in [0.25, 0.3) is 0 Å². The van der Waals surface area contributed by atoms with Crippen LogP contribution in [0.5, 0.6) is 0 Å². The number of rotatable bonds is 3. The number of aliphatic imine (C=N–C) groups is 1. The topological polar surface area (TPSA) is 68.0 Å². The molecule has 0 radical (unpaired) electrons. The molecule has 0 saturated carbocycles. The minimum atomic E-state index is -0.346. The summed E-state index contributed by atoms with van der Waals surface area (Å²) in [6, 6.07) is 6.88. The summed E-state index contributed by atoms with van der Waals surface area (Å²) in [6.45, 7) is 4.09. The third kappa shape index (κ3) is 3.54. The number of nitrogens with zero attached hydrogens (tertiary/aromatic N) is 3. The third-order valence-corrected chi connectivity index (χ3v) is 4.82. The van der Waals surface area contributed by atoms with E-state index in [0.717, 1.165) is 50.0 Å². The van der Waals surface area contributed by atoms with Crippen LogP contribution in [0.1, 0.15) is 5.56 Å². The Morgan fingerprint density at radius 2 is 2.24 bits per heavy atom. The van der Waals surface area contributed by atoms with Gasteiger partial charge in [0.1, 0.15) is 0 Å². The Kier molecular flexibility index (Phi) is 4.40. The monoisotopic (exact) mass is 307 g/mol. The number of benzene rings is 1. The second-order valence-corrected chi connectivity index (χ2v) is 6.36. The fraction of sp³-hybridized carbons (Fsp3) is 0.500. The van der Waals surface area contributed by atoms with Gasteiger partial charge in [-0.3, -0.25) is 15.1 Å². The molecule has 0 aromatic heterocycles. The van der Waals surface area contributed by atoms with Crippen LogP contribution in [-0.2, 0) is 11.2 Å². The van der Waals surface area contributed by atoms with Crippen molar-refractivity contribution in [3.8, 4) is 0 Å². The van der Waals surface area contributed by atoms with Crippen molar-refractivity contribution in [2.45, 2.75) is 11.7 Å². The number of ether oxygens (including phenoxy) is 1. The maximum absolute atomic E-state index is 10.8. The molecular formula is C14H17N3O3S. The number of hydrogen-bond acceptors (Lipinski definition) is 6. The molecule has 0 spiro atoms. The van der Waals surface area contributed by atoms with Gasteiger partial charge in [0, 0.05) is 30.5 Å². The summed E-state index contributed by atoms with van der Waals surface area (Å²) in [5.74, 6) is 0. The van der Waals surface area contributed by atoms with Crippen LogP contribution in [0, 0.1) is 10.1 Å². The highest BCUT2D eigenvalue weighted by molar-refractivity contribution is 8.14. The molecule has 2 aliphatic rings. The molecule has 1 fully saturated rings. The Labute approximate surface area is 127 Å². The fourth-order valence-electron chi connectivity index (χ4n) is 2.50. The summed E-state index contributed by atoms with van der Waals surface area (Å²) >= 11 is 1.78. The molecule has 1 aromatic carbocycles. The largest absolute Gasteiger partial charge is 0.378 e. The smallest absolute Gasteiger partial charge is 0.269 e. The van der Waals surface area contributed by atoms with E-state index in [2.05, 4.69) is 9.89 Å². The zero-order valence-electron chi connectivity index (χ0n) is 11.6. The lowest BCUT2D eigenvalue weighted by Crippen LogP contribution is -2.39. The maximum atomic E-state index is 10.8. The van der Waals surface area contributed by atoms with Crippen molar-refractivity contribution in [3.63, 3.8) is 0 Å². The Morgan fingerprint density at radius 1 is 1.43 bits per heavy atom. The van der Waals surface area contributed by atoms with Crippen molar-refractivity contribution in [1.29, 1.82) is 0 Å². The van der Waals surface area contributed by atoms with Gasteiger partial charge in [-0.25, -0.2) is 0 Å². The minimum Gasteiger partial charge on any atom is -0.378 e. The van der Waals surface area contributed by atoms with Crippen LogP contribution in [0.15, 0.2) is 29.3 Å². The van der Waals surface area contributed by atoms with Gasteiger partial charge in [-0.05, 0) is 12.0 Å². The summed E-state index contributed by atoms with van der Waals surface area (Å²) in [5, 5.41) is 12.3. The number of morpholine rings is 1. The number of nitro benzene ring substituents is 1. The Balaban J connectivity index is 1.58. The van der Waals surface area contributed by atoms with E-state index in [1.807, 2.05) is 6.07 Å². The first-order valence-electron chi connectivity index (χ1n) is 6.99. The lowest BCUT2D eigenvalue weighted by molar-refractivity contribution is -0.384. The molecule has 2 heterocycles. The zero-order valence-corrected chi connectivity index (χ0v) is 12.4. The van der Waals surface area contributed by atoms with Gasteiger partial charge in [0.05, 0.1) is 24.7 Å². The fourth-order valence-corrected chi connectivity index (χ4v) is 3.70. The summed E-state index contributed by atoms with van der Waals surface area (Å²) in [4.78, 5) is 17.3. The van der Waals surface area contributed by atoms with Gasteiger partial charge in [-0.2, -0.15) is 0 Å². The predicted octanol–water partition coefficient (Wildman–Crippen LogP) is 1.94. The number of nitro groups is 1. The molecule has 1 atom stereocenters. The summed E-state index contributed by atoms with van der Waals surface area (Å²) in [6.07, 6.45) is 0.809. The van der Waals surface area contributed by atoms with Crippen LogP contribution < -0.4 is 0 Å². The molecule has 3 rings (SSSR count). The van der Waals surface area contributed by atoms with Crippen molar-refractivity contribution in [3.05, 3.63) is 39.9 Å². The molecule has 7 heteroatoms. The van der Waals surface area contributed by atoms with Crippen LogP contribution in [-0.4, -0.2) is 53.1 Å². The average Bonchev–Trinajstić information content (AvgIpc) is 2.97. The van der Waals surface area contributed by atoms with E-state index in [4.69, 9.17) is 4.74 Å². The van der Waals surface area contributed by atoms with Crippen molar-refractivity contribution >= 4 is 22.6 Å². The summed E-state index contributed by atoms with van der Waals surface area (Å²) in [7, 11) is 0. The highest BCUT2D eigenvalue weighted by atomic mass is 32.2. The van der Waals surface area contributed by atoms with E-state index in [1.54, 1.807) is 23.9 Å². The SMILES string of the molecule is O=[N+]([O-])c1cccc(CC2CN=C(N3CCOCC3)S2)c1. The molecule has 1 aromatic rings. The first-order valence-corrected chi connectivity index (χ1v) is 7.87. The zero-order chi connectivity index (χ0) is 14.7. The Bertz CT molecular complexity index is 558. The van der Waals surface area contributed by atoms with Crippen LogP contribution in [0.2, 0.25) is 0 Å². The predicted molar refractivity (Wildman–Crippen MR) is 82.9 cm³/mol. The van der Waals surface area contributed by atoms with E-state index in [9.17, 15) is 10.1 Å². The molecule has 0 aliphatic carbocycles. The third-order valence-electron chi connectivity index (χ3n) is 3.57. The highest BCUT2D eigenvalue weighted by Crippen LogP contribution is 2.27. The van der Waals surface area contributed by atoms with Gasteiger partial charge < -0.3 is 9.64 Å². The van der Waals surface area contributed by atoms with E-state index in [1.165, 1.54) is 6.07 Å². The minimum absolute atomic E-state index is 0.157. The van der Waals surface area contributed by atoms with Crippen molar-refractivity contribution in [2.24, 2.45) is 4.99 Å². The van der Waals surface area contributed by atoms with E-state index in [0.29, 0.717) is 5.25 Å². The standard InChI is InChI=1S/C14H17N3O3S/c18-17(19)12-3-1-2-11(8-12)9-13-10-15-14(21-13)16-4-6-20-7-5-16/h1-3,8,13H,4-7,9-10H2. The van der Waals surface area contributed by atoms with Crippen LogP contribution in [0.3, 0.4) is 0 Å². The number of amidine groups is 1. The van der Waals surface area contributed by atoms with Gasteiger partial charge >= 0.3 is 0 Å². The first kappa shape index (κ1) is 14.3. The van der Waals surface area contributed by atoms with Crippen LogP contribution in [0.4, 0.5) is 5.69 Å². The van der Waals surface area contributed by atoms with E-state index in [-0.39, 0.29) is 10.6 Å². The number of thioether (sulfide) groups is 1. The molecule has 21 heavy (non-hydrogen) atoms. The van der Waals surface area contributed by atoms with E-state index >= 15 is 0 Å². The average molecular weight is 307 g/mol. The molecule has 0 bridgehead atoms. The molecular weight excluding hydrogens is 290 g/mol. The normalized spacial score (nSPS) is 22.2. The quantitative estimate of drug-likeness (QED) is 0.630.